The van der Waals surface area contributed by atoms with Crippen molar-refractivity contribution in [1.29, 1.82) is 0 Å². The molecule has 64 valence electrons. The van der Waals surface area contributed by atoms with Crippen molar-refractivity contribution in [3.05, 3.63) is 4.91 Å². The van der Waals surface area contributed by atoms with Gasteiger partial charge in [0.1, 0.15) is 0 Å². The van der Waals surface area contributed by atoms with Crippen molar-refractivity contribution in [1.82, 2.24) is 10.0 Å². The highest BCUT2D eigenvalue weighted by atomic mass is 16.3. The van der Waals surface area contributed by atoms with Gasteiger partial charge in [-0.25, -0.2) is 5.01 Å². The summed E-state index contributed by atoms with van der Waals surface area (Å²) in [6, 6.07) is 0.345. The third kappa shape index (κ3) is 1.66. The monoisotopic (exact) mass is 158 g/mol. The summed E-state index contributed by atoms with van der Waals surface area (Å²) in [5, 5.41) is 6.19. The van der Waals surface area contributed by atoms with E-state index in [0.717, 1.165) is 0 Å². The fourth-order valence-corrected chi connectivity index (χ4v) is 1.25. The van der Waals surface area contributed by atoms with Gasteiger partial charge < -0.3 is 0 Å². The van der Waals surface area contributed by atoms with E-state index in [0.29, 0.717) is 13.1 Å². The first-order valence-corrected chi connectivity index (χ1v) is 3.76. The maximum Gasteiger partial charge on any atom is 0.0616 e. The van der Waals surface area contributed by atoms with Crippen LogP contribution in [0.5, 0.6) is 0 Å². The van der Waals surface area contributed by atoms with E-state index in [1.54, 1.807) is 5.01 Å². The third-order valence-corrected chi connectivity index (χ3v) is 2.11. The highest BCUT2D eigenvalue weighted by Crippen LogP contribution is 2.11. The normalized spacial score (nSPS) is 33.9. The largest absolute Gasteiger partial charge is 0.268 e. The summed E-state index contributed by atoms with van der Waals surface area (Å²) in [6.45, 7) is 5.24. The Morgan fingerprint density at radius 2 is 2.00 bits per heavy atom. The second kappa shape index (κ2) is 3.15. The Kier molecular flexibility index (Phi) is 2.41. The van der Waals surface area contributed by atoms with Crippen molar-refractivity contribution in [2.75, 3.05) is 13.1 Å². The molecule has 1 fully saturated rings. The summed E-state index contributed by atoms with van der Waals surface area (Å²) < 4.78 is 0. The van der Waals surface area contributed by atoms with E-state index < -0.39 is 0 Å². The molecular weight excluding hydrogens is 144 g/mol. The third-order valence-electron chi connectivity index (χ3n) is 2.11. The van der Waals surface area contributed by atoms with Gasteiger partial charge in [-0.2, -0.15) is 0 Å². The van der Waals surface area contributed by atoms with Crippen LogP contribution in [0.4, 0.5) is 0 Å². The lowest BCUT2D eigenvalue weighted by atomic mass is 10.2. The summed E-state index contributed by atoms with van der Waals surface area (Å²) in [4.78, 5) is 10.2. The van der Waals surface area contributed by atoms with Crippen molar-refractivity contribution in [3.8, 4) is 0 Å². The van der Waals surface area contributed by atoms with E-state index in [1.165, 1.54) is 5.01 Å². The highest BCUT2D eigenvalue weighted by Gasteiger charge is 2.26. The predicted octanol–water partition coefficient (Wildman–Crippen LogP) is -0.0639. The van der Waals surface area contributed by atoms with Crippen molar-refractivity contribution in [2.24, 2.45) is 11.1 Å². The number of nitrogens with two attached hydrogens (primary N) is 1. The molecule has 5 nitrogen and oxygen atoms in total. The lowest BCUT2D eigenvalue weighted by Gasteiger charge is -2.38. The smallest absolute Gasteiger partial charge is 0.0616 e. The first-order chi connectivity index (χ1) is 5.15. The molecule has 1 rings (SSSR count). The molecule has 0 bridgehead atoms. The van der Waals surface area contributed by atoms with Gasteiger partial charge in [-0.1, -0.05) is 0 Å². The summed E-state index contributed by atoms with van der Waals surface area (Å²) in [7, 11) is 0. The minimum absolute atomic E-state index is 0.133. The summed E-state index contributed by atoms with van der Waals surface area (Å²) in [5.74, 6) is 5.65. The molecule has 0 radical (unpaired) electrons. The Morgan fingerprint density at radius 3 is 2.55 bits per heavy atom. The lowest BCUT2D eigenvalue weighted by Crippen LogP contribution is -2.57. The average Bonchev–Trinajstić information content (AvgIpc) is 1.97. The molecule has 0 aromatic heterocycles. The molecule has 1 heterocycles. The molecule has 11 heavy (non-hydrogen) atoms. The molecule has 0 aliphatic carbocycles. The van der Waals surface area contributed by atoms with E-state index >= 15 is 0 Å². The van der Waals surface area contributed by atoms with Gasteiger partial charge in [0.05, 0.1) is 17.9 Å². The lowest BCUT2D eigenvalue weighted by molar-refractivity contribution is 0.0433. The molecule has 1 aliphatic rings. The standard InChI is InChI=1S/C6H14N4O/c1-5-4-10(8-11)6(2)3-9(5)7/h5-6H,3-4,7H2,1-2H3. The zero-order chi connectivity index (χ0) is 8.43. The molecule has 0 aromatic rings. The Hall–Kier alpha value is -0.680. The fourth-order valence-electron chi connectivity index (χ4n) is 1.25. The quantitative estimate of drug-likeness (QED) is 0.429. The van der Waals surface area contributed by atoms with Gasteiger partial charge in [0.25, 0.3) is 0 Å². The van der Waals surface area contributed by atoms with Crippen LogP contribution in [0.25, 0.3) is 0 Å². The number of hydrogen-bond donors (Lipinski definition) is 1. The van der Waals surface area contributed by atoms with Crippen molar-refractivity contribution in [3.63, 3.8) is 0 Å². The Morgan fingerprint density at radius 1 is 1.36 bits per heavy atom. The fraction of sp³-hybridized carbons (Fsp3) is 1.00. The van der Waals surface area contributed by atoms with E-state index in [2.05, 4.69) is 5.29 Å². The van der Waals surface area contributed by atoms with Crippen LogP contribution in [0.15, 0.2) is 5.29 Å². The van der Waals surface area contributed by atoms with Crippen molar-refractivity contribution < 1.29 is 0 Å². The molecular formula is C6H14N4O. The van der Waals surface area contributed by atoms with Gasteiger partial charge in [0, 0.05) is 12.6 Å². The topological polar surface area (TPSA) is 61.9 Å². The van der Waals surface area contributed by atoms with Crippen molar-refractivity contribution >= 4 is 0 Å². The number of nitroso groups, excluding NO2 is 1. The molecule has 2 N–H and O–H groups in total. The van der Waals surface area contributed by atoms with E-state index in [9.17, 15) is 4.91 Å². The number of nitrogens with zero attached hydrogens (tertiary/aromatic N) is 3. The van der Waals surface area contributed by atoms with E-state index in [4.69, 9.17) is 5.84 Å². The molecule has 2 unspecified atom stereocenters. The van der Waals surface area contributed by atoms with Crippen LogP contribution >= 0.6 is 0 Å². The van der Waals surface area contributed by atoms with Crippen LogP contribution in [0.1, 0.15) is 13.8 Å². The number of hydrogen-bond acceptors (Lipinski definition) is 4. The Balaban J connectivity index is 2.54. The van der Waals surface area contributed by atoms with Crippen LogP contribution in [0, 0.1) is 4.91 Å². The van der Waals surface area contributed by atoms with Gasteiger partial charge in [-0.05, 0) is 13.8 Å². The zero-order valence-electron chi connectivity index (χ0n) is 6.90. The van der Waals surface area contributed by atoms with E-state index in [1.807, 2.05) is 13.8 Å². The van der Waals surface area contributed by atoms with Gasteiger partial charge in [0.15, 0.2) is 0 Å². The molecule has 1 aliphatic heterocycles. The first-order valence-electron chi connectivity index (χ1n) is 3.76. The zero-order valence-corrected chi connectivity index (χ0v) is 6.90. The molecule has 0 aromatic carbocycles. The van der Waals surface area contributed by atoms with Gasteiger partial charge in [0.2, 0.25) is 0 Å². The van der Waals surface area contributed by atoms with Crippen LogP contribution < -0.4 is 5.84 Å². The second-order valence-corrected chi connectivity index (χ2v) is 3.10. The van der Waals surface area contributed by atoms with E-state index in [-0.39, 0.29) is 12.1 Å². The predicted molar refractivity (Wildman–Crippen MR) is 42.3 cm³/mol. The summed E-state index contributed by atoms with van der Waals surface area (Å²) in [5.41, 5.74) is 0. The number of piperazine rings is 1. The minimum Gasteiger partial charge on any atom is -0.268 e. The molecule has 1 saturated heterocycles. The second-order valence-electron chi connectivity index (χ2n) is 3.10. The number of hydrazine groups is 1. The first kappa shape index (κ1) is 8.42. The van der Waals surface area contributed by atoms with Gasteiger partial charge >= 0.3 is 0 Å². The van der Waals surface area contributed by atoms with Crippen LogP contribution in [-0.4, -0.2) is 35.2 Å². The Labute approximate surface area is 66.1 Å². The molecule has 5 heteroatoms. The van der Waals surface area contributed by atoms with Gasteiger partial charge in [-0.15, -0.1) is 4.91 Å². The molecule has 2 atom stereocenters. The molecule has 0 saturated carbocycles. The molecule has 0 amide bonds. The summed E-state index contributed by atoms with van der Waals surface area (Å²) >= 11 is 0. The van der Waals surface area contributed by atoms with Crippen LogP contribution in [-0.2, 0) is 0 Å². The SMILES string of the molecule is CC1CN(N=O)C(C)CN1N. The Bertz CT molecular complexity index is 152. The summed E-state index contributed by atoms with van der Waals surface area (Å²) in [6.07, 6.45) is 0. The minimum atomic E-state index is 0.133. The van der Waals surface area contributed by atoms with Crippen LogP contribution in [0.3, 0.4) is 0 Å². The number of rotatable bonds is 1. The maximum absolute atomic E-state index is 10.2. The van der Waals surface area contributed by atoms with Crippen LogP contribution in [0.2, 0.25) is 0 Å². The van der Waals surface area contributed by atoms with Crippen molar-refractivity contribution in [2.45, 2.75) is 25.9 Å². The molecule has 0 spiro atoms. The van der Waals surface area contributed by atoms with Gasteiger partial charge in [-0.3, -0.25) is 10.9 Å². The maximum atomic E-state index is 10.2. The highest BCUT2D eigenvalue weighted by molar-refractivity contribution is 4.79. The average molecular weight is 158 g/mol.